The fraction of sp³-hybridized carbons (Fsp3) is 0.233. The SMILES string of the molecule is COc1cc2c(cc1CCc1cc(N)cc(COc3cc4c(cc3OC)C(=O)N3c5ccccc5C[C@H]3CN4)c1)N=C[C@@H]1Cc3ccccc3N1C2=O. The first kappa shape index (κ1) is 32.6. The van der Waals surface area contributed by atoms with Crippen LogP contribution in [0.25, 0.3) is 0 Å². The molecule has 0 aliphatic carbocycles. The van der Waals surface area contributed by atoms with Crippen molar-refractivity contribution in [2.24, 2.45) is 4.99 Å². The summed E-state index contributed by atoms with van der Waals surface area (Å²) in [5, 5.41) is 3.49. The summed E-state index contributed by atoms with van der Waals surface area (Å²) in [4.78, 5) is 36.2. The van der Waals surface area contributed by atoms with Crippen molar-refractivity contribution < 1.29 is 23.8 Å². The predicted octanol–water partition coefficient (Wildman–Crippen LogP) is 6.93. The Kier molecular flexibility index (Phi) is 8.02. The van der Waals surface area contributed by atoms with Gasteiger partial charge in [-0.1, -0.05) is 42.5 Å². The number of nitrogen functional groups attached to an aromatic ring is 1. The van der Waals surface area contributed by atoms with E-state index in [2.05, 4.69) is 23.5 Å². The lowest BCUT2D eigenvalue weighted by molar-refractivity contribution is 0.0977. The number of rotatable bonds is 8. The van der Waals surface area contributed by atoms with Gasteiger partial charge in [-0.2, -0.15) is 0 Å². The highest BCUT2D eigenvalue weighted by molar-refractivity contribution is 6.15. The van der Waals surface area contributed by atoms with Crippen LogP contribution in [0.3, 0.4) is 0 Å². The molecule has 5 aromatic carbocycles. The maximum atomic E-state index is 13.8. The summed E-state index contributed by atoms with van der Waals surface area (Å²) in [6, 6.07) is 29.4. The van der Waals surface area contributed by atoms with Crippen molar-refractivity contribution in [2.75, 3.05) is 41.6 Å². The van der Waals surface area contributed by atoms with Gasteiger partial charge in [-0.3, -0.25) is 19.5 Å². The van der Waals surface area contributed by atoms with Crippen LogP contribution in [-0.2, 0) is 32.3 Å². The molecule has 0 saturated heterocycles. The Morgan fingerprint density at radius 2 is 1.45 bits per heavy atom. The van der Waals surface area contributed by atoms with E-state index in [-0.39, 0.29) is 30.5 Å². The number of fused-ring (bicyclic) bond motifs is 8. The number of carbonyl (C=O) groups is 2. The molecule has 266 valence electrons. The van der Waals surface area contributed by atoms with Crippen LogP contribution in [0.5, 0.6) is 17.2 Å². The van der Waals surface area contributed by atoms with Crippen molar-refractivity contribution in [1.29, 1.82) is 0 Å². The lowest BCUT2D eigenvalue weighted by Crippen LogP contribution is -2.39. The third kappa shape index (κ3) is 5.71. The van der Waals surface area contributed by atoms with E-state index in [0.717, 1.165) is 52.2 Å². The quantitative estimate of drug-likeness (QED) is 0.168. The first-order chi connectivity index (χ1) is 25.9. The minimum absolute atomic E-state index is 0.0326. The summed E-state index contributed by atoms with van der Waals surface area (Å²) >= 11 is 0. The number of ether oxygens (including phenoxy) is 3. The van der Waals surface area contributed by atoms with Crippen LogP contribution in [0.1, 0.15) is 48.5 Å². The van der Waals surface area contributed by atoms with Crippen molar-refractivity contribution >= 4 is 46.5 Å². The molecule has 4 aliphatic heterocycles. The number of benzene rings is 5. The first-order valence-corrected chi connectivity index (χ1v) is 17.9. The normalized spacial score (nSPS) is 17.8. The molecular formula is C43H39N5O5. The molecule has 4 aliphatic rings. The highest BCUT2D eigenvalue weighted by atomic mass is 16.5. The molecule has 4 heterocycles. The van der Waals surface area contributed by atoms with Gasteiger partial charge in [0, 0.05) is 42.3 Å². The topological polar surface area (TPSA) is 119 Å². The molecule has 5 aromatic rings. The average molecular weight is 706 g/mol. The Balaban J connectivity index is 0.919. The van der Waals surface area contributed by atoms with E-state index in [1.807, 2.05) is 82.7 Å². The first-order valence-electron chi connectivity index (χ1n) is 17.9. The van der Waals surface area contributed by atoms with Crippen molar-refractivity contribution in [3.05, 3.63) is 130 Å². The van der Waals surface area contributed by atoms with Gasteiger partial charge in [0.1, 0.15) is 12.4 Å². The molecule has 53 heavy (non-hydrogen) atoms. The highest BCUT2D eigenvalue weighted by Gasteiger charge is 2.38. The number of nitrogens with two attached hydrogens (primary N) is 1. The van der Waals surface area contributed by atoms with Crippen LogP contribution in [0.2, 0.25) is 0 Å². The molecule has 0 aromatic heterocycles. The number of nitrogens with zero attached hydrogens (tertiary/aromatic N) is 3. The lowest BCUT2D eigenvalue weighted by atomic mass is 9.99. The van der Waals surface area contributed by atoms with Gasteiger partial charge >= 0.3 is 0 Å². The van der Waals surface area contributed by atoms with Gasteiger partial charge in [0.25, 0.3) is 11.8 Å². The number of amides is 2. The Bertz CT molecular complexity index is 2340. The summed E-state index contributed by atoms with van der Waals surface area (Å²) < 4.78 is 17.9. The molecule has 3 N–H and O–H groups in total. The Hall–Kier alpha value is -6.29. The highest BCUT2D eigenvalue weighted by Crippen LogP contribution is 2.42. The molecule has 10 heteroatoms. The number of aryl methyl sites for hydroxylation is 2. The summed E-state index contributed by atoms with van der Waals surface area (Å²) in [6.45, 7) is 0.881. The van der Waals surface area contributed by atoms with Crippen LogP contribution < -0.4 is 35.1 Å². The minimum Gasteiger partial charge on any atom is -0.496 e. The number of methoxy groups -OCH3 is 2. The summed E-state index contributed by atoms with van der Waals surface area (Å²) in [6.07, 6.45) is 4.78. The Morgan fingerprint density at radius 3 is 2.25 bits per heavy atom. The molecule has 0 radical (unpaired) electrons. The summed E-state index contributed by atoms with van der Waals surface area (Å²) in [5.41, 5.74) is 16.6. The molecule has 0 unspecified atom stereocenters. The van der Waals surface area contributed by atoms with Crippen molar-refractivity contribution in [2.45, 2.75) is 44.4 Å². The third-order valence-electron chi connectivity index (χ3n) is 10.8. The van der Waals surface area contributed by atoms with Gasteiger partial charge in [-0.25, -0.2) is 0 Å². The number of anilines is 4. The van der Waals surface area contributed by atoms with E-state index >= 15 is 0 Å². The number of carbonyl (C=O) groups excluding carboxylic acids is 2. The van der Waals surface area contributed by atoms with E-state index in [1.54, 1.807) is 20.3 Å². The van der Waals surface area contributed by atoms with Gasteiger partial charge < -0.3 is 30.2 Å². The predicted molar refractivity (Wildman–Crippen MR) is 207 cm³/mol. The van der Waals surface area contributed by atoms with Gasteiger partial charge in [0.2, 0.25) is 0 Å². The number of para-hydroxylation sites is 2. The second-order valence-electron chi connectivity index (χ2n) is 14.0. The smallest absolute Gasteiger partial charge is 0.261 e. The van der Waals surface area contributed by atoms with Gasteiger partial charge in [-0.15, -0.1) is 0 Å². The van der Waals surface area contributed by atoms with E-state index in [9.17, 15) is 9.59 Å². The van der Waals surface area contributed by atoms with Crippen molar-refractivity contribution in [3.8, 4) is 17.2 Å². The summed E-state index contributed by atoms with van der Waals surface area (Å²) in [7, 11) is 3.21. The van der Waals surface area contributed by atoms with Crippen LogP contribution >= 0.6 is 0 Å². The molecule has 0 fully saturated rings. The van der Waals surface area contributed by atoms with Crippen LogP contribution in [0.15, 0.2) is 96.0 Å². The molecule has 9 rings (SSSR count). The third-order valence-corrected chi connectivity index (χ3v) is 10.8. The molecular weight excluding hydrogens is 667 g/mol. The molecule has 0 saturated carbocycles. The molecule has 0 spiro atoms. The zero-order valence-electron chi connectivity index (χ0n) is 29.6. The minimum atomic E-state index is -0.116. The van der Waals surface area contributed by atoms with Crippen LogP contribution in [0, 0.1) is 0 Å². The molecule has 10 nitrogen and oxygen atoms in total. The monoisotopic (exact) mass is 705 g/mol. The van der Waals surface area contributed by atoms with Crippen molar-refractivity contribution in [3.63, 3.8) is 0 Å². The van der Waals surface area contributed by atoms with Crippen LogP contribution in [-0.4, -0.2) is 50.9 Å². The molecule has 2 amide bonds. The standard InChI is InChI=1S/C43H39N5O5/c1-51-39-19-33-35(45-22-31-16-27-7-3-5-9-37(27)47(31)42(33)49)18-29(39)12-11-25-13-26(15-30(44)14-25)24-53-41-21-36-34(20-40(41)52-2)43(50)48-32(23-46-36)17-28-8-4-6-10-38(28)48/h3-10,13-15,18-22,31-32,46H,11-12,16-17,23-24,44H2,1-2H3/t31-,32-/m0/s1. The Labute approximate surface area is 307 Å². The number of nitrogens with one attached hydrogen (secondary N) is 1. The van der Waals surface area contributed by atoms with Crippen LogP contribution in [0.4, 0.5) is 28.4 Å². The maximum absolute atomic E-state index is 13.8. The van der Waals surface area contributed by atoms with E-state index < -0.39 is 0 Å². The number of hydrogen-bond acceptors (Lipinski definition) is 8. The second-order valence-corrected chi connectivity index (χ2v) is 14.0. The zero-order valence-corrected chi connectivity index (χ0v) is 29.6. The largest absolute Gasteiger partial charge is 0.496 e. The van der Waals surface area contributed by atoms with Gasteiger partial charge in [0.15, 0.2) is 11.5 Å². The fourth-order valence-electron chi connectivity index (χ4n) is 8.24. The average Bonchev–Trinajstić information content (AvgIpc) is 3.67. The number of hydrogen-bond donors (Lipinski definition) is 2. The van der Waals surface area contributed by atoms with Gasteiger partial charge in [0.05, 0.1) is 48.8 Å². The fourth-order valence-corrected chi connectivity index (χ4v) is 8.24. The zero-order chi connectivity index (χ0) is 36.2. The molecule has 2 atom stereocenters. The van der Waals surface area contributed by atoms with Crippen molar-refractivity contribution in [1.82, 2.24) is 0 Å². The van der Waals surface area contributed by atoms with Gasteiger partial charge in [-0.05, 0) is 89.5 Å². The van der Waals surface area contributed by atoms with E-state index in [1.165, 1.54) is 5.56 Å². The van der Waals surface area contributed by atoms with E-state index in [0.29, 0.717) is 59.1 Å². The summed E-state index contributed by atoms with van der Waals surface area (Å²) in [5.74, 6) is 1.54. The lowest BCUT2D eigenvalue weighted by Gasteiger charge is -2.22. The second kappa shape index (κ2) is 13.0. The maximum Gasteiger partial charge on any atom is 0.261 e. The van der Waals surface area contributed by atoms with E-state index in [4.69, 9.17) is 24.9 Å². The Morgan fingerprint density at radius 1 is 0.755 bits per heavy atom. The molecule has 0 bridgehead atoms. The number of aliphatic imine (C=N–C) groups is 1.